The van der Waals surface area contributed by atoms with Gasteiger partial charge >= 0.3 is 18.1 Å². The van der Waals surface area contributed by atoms with Gasteiger partial charge in [0.15, 0.2) is 6.54 Å². The standard InChI is InChI=1S/C42H57N3O6/c1-22-16-31(40(7,8)9)34(46)25(4)28(22)19-43-37(49)44(20-29-23(2)17-32(41(10,11)12)35(47)26(29)5)39(51)45(38(43)50)21-30-24(3)18-33(42(13,14)15)36(48)27(30)6/h16-18,46-48H,19-21H2,1-15H3/q+1. The molecular formula is C42H57N3O6+. The molecule has 1 saturated heterocycles. The first-order chi connectivity index (χ1) is 23.2. The minimum atomic E-state index is -0.794. The van der Waals surface area contributed by atoms with Crippen LogP contribution in [0.25, 0.3) is 0 Å². The van der Waals surface area contributed by atoms with E-state index in [2.05, 4.69) is 0 Å². The van der Waals surface area contributed by atoms with Gasteiger partial charge < -0.3 is 15.3 Å². The molecule has 3 aromatic rings. The largest absolute Gasteiger partial charge is 0.507 e. The van der Waals surface area contributed by atoms with Crippen molar-refractivity contribution >= 4 is 18.1 Å². The van der Waals surface area contributed by atoms with Crippen LogP contribution in [0.3, 0.4) is 0 Å². The number of aryl methyl sites for hydroxylation is 3. The molecule has 0 unspecified atom stereocenters. The Balaban J connectivity index is 1.88. The van der Waals surface area contributed by atoms with E-state index in [-0.39, 0.29) is 53.1 Å². The number of amides is 6. The first-order valence-electron chi connectivity index (χ1n) is 17.6. The van der Waals surface area contributed by atoms with Gasteiger partial charge in [0.2, 0.25) is 0 Å². The summed E-state index contributed by atoms with van der Waals surface area (Å²) in [6.45, 7) is 28.5. The smallest absolute Gasteiger partial charge is 0.486 e. The average molecular weight is 700 g/mol. The van der Waals surface area contributed by atoms with Gasteiger partial charge in [0.05, 0.1) is 13.1 Å². The average Bonchev–Trinajstić information content (AvgIpc) is 2.99. The molecule has 1 fully saturated rings. The normalized spacial score (nSPS) is 15.0. The summed E-state index contributed by atoms with van der Waals surface area (Å²) in [7, 11) is 0. The fourth-order valence-electron chi connectivity index (χ4n) is 7.05. The summed E-state index contributed by atoms with van der Waals surface area (Å²) < 4.78 is 0. The second kappa shape index (κ2) is 13.3. The van der Waals surface area contributed by atoms with Gasteiger partial charge in [0.1, 0.15) is 17.2 Å². The highest BCUT2D eigenvalue weighted by Gasteiger charge is 2.54. The summed E-state index contributed by atoms with van der Waals surface area (Å²) in [5, 5.41) is 33.8. The predicted octanol–water partition coefficient (Wildman–Crippen LogP) is 9.56. The molecule has 9 heteroatoms. The number of aromatic hydroxyl groups is 3. The number of hydrogen-bond donors (Lipinski definition) is 3. The van der Waals surface area contributed by atoms with E-state index in [1.54, 1.807) is 20.8 Å². The summed E-state index contributed by atoms with van der Waals surface area (Å²) in [5.41, 5.74) is 7.12. The van der Waals surface area contributed by atoms with E-state index in [9.17, 15) is 29.7 Å². The van der Waals surface area contributed by atoms with Crippen LogP contribution in [0.1, 0.15) is 129 Å². The number of rotatable bonds is 6. The molecule has 0 spiro atoms. The van der Waals surface area contributed by atoms with Gasteiger partial charge in [0, 0.05) is 16.0 Å². The maximum atomic E-state index is 14.4. The molecule has 0 bridgehead atoms. The molecule has 4 rings (SSSR count). The Hall–Kier alpha value is -4.37. The maximum Gasteiger partial charge on any atom is 0.486 e. The zero-order chi connectivity index (χ0) is 38.9. The van der Waals surface area contributed by atoms with Gasteiger partial charge in [-0.05, 0) is 113 Å². The Morgan fingerprint density at radius 3 is 1.08 bits per heavy atom. The van der Waals surface area contributed by atoms with Crippen molar-refractivity contribution in [3.05, 3.63) is 85.0 Å². The summed E-state index contributed by atoms with van der Waals surface area (Å²) in [6.07, 6.45) is 0. The number of urea groups is 3. The lowest BCUT2D eigenvalue weighted by Crippen LogP contribution is -2.65. The van der Waals surface area contributed by atoms with Gasteiger partial charge in [-0.25, -0.2) is 24.2 Å². The van der Waals surface area contributed by atoms with Crippen LogP contribution in [0, 0.1) is 41.5 Å². The minimum Gasteiger partial charge on any atom is -0.507 e. The van der Waals surface area contributed by atoms with Crippen molar-refractivity contribution in [1.29, 1.82) is 0 Å². The minimum absolute atomic E-state index is 0.103. The number of phenolic OH excluding ortho intramolecular Hbond substituents is 3. The molecule has 0 atom stereocenters. The van der Waals surface area contributed by atoms with E-state index >= 15 is 0 Å². The van der Waals surface area contributed by atoms with Crippen molar-refractivity contribution in [2.45, 2.75) is 140 Å². The molecule has 1 aliphatic heterocycles. The zero-order valence-electron chi connectivity index (χ0n) is 33.3. The Morgan fingerprint density at radius 2 is 0.784 bits per heavy atom. The predicted molar refractivity (Wildman–Crippen MR) is 202 cm³/mol. The molecule has 0 aliphatic carbocycles. The monoisotopic (exact) mass is 699 g/mol. The van der Waals surface area contributed by atoms with Crippen LogP contribution in [-0.4, -0.2) is 43.2 Å². The van der Waals surface area contributed by atoms with Gasteiger partial charge in [-0.2, -0.15) is 0 Å². The molecule has 3 N–H and O–H groups in total. The molecule has 51 heavy (non-hydrogen) atoms. The molecule has 9 nitrogen and oxygen atoms in total. The molecule has 275 valence electrons. The maximum absolute atomic E-state index is 14.4. The molecule has 3 aromatic carbocycles. The van der Waals surface area contributed by atoms with E-state index in [4.69, 9.17) is 0 Å². The van der Waals surface area contributed by atoms with Crippen LogP contribution in [-0.2, 0) is 35.9 Å². The van der Waals surface area contributed by atoms with Crippen molar-refractivity contribution in [1.82, 2.24) is 14.7 Å². The van der Waals surface area contributed by atoms with Gasteiger partial charge in [-0.3, -0.25) is 0 Å². The van der Waals surface area contributed by atoms with Crippen molar-refractivity contribution in [2.24, 2.45) is 0 Å². The molecule has 1 heterocycles. The molecule has 0 saturated carbocycles. The Morgan fingerprint density at radius 1 is 0.510 bits per heavy atom. The van der Waals surface area contributed by atoms with Crippen molar-refractivity contribution < 1.29 is 29.7 Å². The lowest BCUT2D eigenvalue weighted by atomic mass is 9.82. The second-order valence-corrected chi connectivity index (χ2v) is 17.4. The third kappa shape index (κ3) is 7.23. The number of imide groups is 3. The third-order valence-electron chi connectivity index (χ3n) is 10.5. The Labute approximate surface area is 303 Å². The third-order valence-corrected chi connectivity index (χ3v) is 10.5. The topological polar surface area (TPSA) is 124 Å². The zero-order valence-corrected chi connectivity index (χ0v) is 33.3. The van der Waals surface area contributed by atoms with Gasteiger partial charge in [-0.1, -0.05) is 80.5 Å². The van der Waals surface area contributed by atoms with Crippen LogP contribution in [0.5, 0.6) is 17.2 Å². The summed E-state index contributed by atoms with van der Waals surface area (Å²) in [5.74, 6) is 0.309. The number of nitrogens with zero attached hydrogens (tertiary/aromatic N) is 3. The highest BCUT2D eigenvalue weighted by atomic mass is 16.3. The van der Waals surface area contributed by atoms with E-state index in [1.165, 1.54) is 0 Å². The number of carbonyl (C=O) groups is 3. The summed E-state index contributed by atoms with van der Waals surface area (Å²) >= 11 is 0. The van der Waals surface area contributed by atoms with E-state index in [1.807, 2.05) is 101 Å². The first-order valence-corrected chi connectivity index (χ1v) is 17.6. The first kappa shape index (κ1) is 39.4. The van der Waals surface area contributed by atoms with Crippen LogP contribution in [0.4, 0.5) is 14.4 Å². The van der Waals surface area contributed by atoms with Gasteiger partial charge in [-0.15, -0.1) is 0 Å². The van der Waals surface area contributed by atoms with Crippen LogP contribution in [0.15, 0.2) is 18.2 Å². The Bertz CT molecular complexity index is 1700. The van der Waals surface area contributed by atoms with Crippen LogP contribution in [0.2, 0.25) is 0 Å². The number of phenols is 3. The summed E-state index contributed by atoms with van der Waals surface area (Å²) in [6, 6.07) is 3.27. The fourth-order valence-corrected chi connectivity index (χ4v) is 7.05. The lowest BCUT2D eigenvalue weighted by Gasteiger charge is -2.33. The molecular weight excluding hydrogens is 642 g/mol. The Kier molecular flexibility index (Phi) is 10.3. The summed E-state index contributed by atoms with van der Waals surface area (Å²) in [4.78, 5) is 46.3. The van der Waals surface area contributed by atoms with E-state index in [0.717, 1.165) is 48.1 Å². The number of hydrogen-bond acceptors (Lipinski definition) is 6. The molecule has 6 amide bonds. The van der Waals surface area contributed by atoms with E-state index < -0.39 is 18.1 Å². The quantitative estimate of drug-likeness (QED) is 0.220. The van der Waals surface area contributed by atoms with Crippen molar-refractivity contribution in [3.63, 3.8) is 0 Å². The number of benzene rings is 3. The molecule has 1 aliphatic rings. The lowest BCUT2D eigenvalue weighted by molar-refractivity contribution is 0.119. The van der Waals surface area contributed by atoms with Crippen molar-refractivity contribution in [3.8, 4) is 17.2 Å². The molecule has 0 aromatic heterocycles. The molecule has 1 radical (unpaired) electrons. The highest BCUT2D eigenvalue weighted by molar-refractivity contribution is 6.14. The van der Waals surface area contributed by atoms with Crippen LogP contribution >= 0.6 is 0 Å². The van der Waals surface area contributed by atoms with E-state index in [0.29, 0.717) is 33.4 Å². The number of carbonyl (C=O) groups excluding carboxylic acids is 3. The second-order valence-electron chi connectivity index (χ2n) is 17.4. The highest BCUT2D eigenvalue weighted by Crippen LogP contribution is 2.40. The van der Waals surface area contributed by atoms with Gasteiger partial charge in [0.25, 0.3) is 0 Å². The SMILES string of the molecule is Cc1cc(C(C)(C)C)c(O)c(C)c1CN1C(=O)N(Cc2c(C)cc(C(C)(C)C)c(O)c2C)C(=O)[N+](Cc2c(C)cc(C(C)(C)C)c(O)c2C)C1=O. The van der Waals surface area contributed by atoms with Crippen LogP contribution < -0.4 is 4.90 Å². The van der Waals surface area contributed by atoms with Crippen molar-refractivity contribution in [2.75, 3.05) is 0 Å². The fraction of sp³-hybridized carbons (Fsp3) is 0.500.